The molecule has 0 aliphatic carbocycles. The molecule has 0 aromatic heterocycles. The second-order valence-corrected chi connectivity index (χ2v) is 4.82. The largest absolute Gasteiger partial charge is 0.497 e. The number of nitrogens with one attached hydrogen (secondary N) is 1. The minimum atomic E-state index is -0.169. The molecule has 0 bridgehead atoms. The molecule has 0 saturated carbocycles. The van der Waals surface area contributed by atoms with Crippen molar-refractivity contribution in [2.24, 2.45) is 5.10 Å². The number of rotatable bonds is 7. The third-order valence-electron chi connectivity index (χ3n) is 3.12. The fraction of sp³-hybridized carbons (Fsp3) is 0.222. The van der Waals surface area contributed by atoms with Gasteiger partial charge in [0.2, 0.25) is 5.91 Å². The normalized spacial score (nSPS) is 10.5. The predicted molar refractivity (Wildman–Crippen MR) is 90.0 cm³/mol. The van der Waals surface area contributed by atoms with Crippen LogP contribution in [0.4, 0.5) is 0 Å². The Morgan fingerprint density at radius 2 is 1.74 bits per heavy atom. The minimum Gasteiger partial charge on any atom is -0.497 e. The number of amides is 1. The van der Waals surface area contributed by atoms with E-state index < -0.39 is 0 Å². The van der Waals surface area contributed by atoms with Gasteiger partial charge >= 0.3 is 0 Å². The monoisotopic (exact) mass is 312 g/mol. The second kappa shape index (κ2) is 8.58. The highest BCUT2D eigenvalue weighted by molar-refractivity contribution is 5.83. The lowest BCUT2D eigenvalue weighted by molar-refractivity contribution is -0.120. The number of hydrazone groups is 1. The summed E-state index contributed by atoms with van der Waals surface area (Å²) in [6.45, 7) is 2.57. The van der Waals surface area contributed by atoms with Gasteiger partial charge in [0.25, 0.3) is 0 Å². The number of hydrogen-bond donors (Lipinski definition) is 1. The van der Waals surface area contributed by atoms with Crippen molar-refractivity contribution in [2.75, 3.05) is 13.7 Å². The van der Waals surface area contributed by atoms with Crippen LogP contribution in [-0.4, -0.2) is 25.8 Å². The first kappa shape index (κ1) is 16.5. The number of benzene rings is 2. The highest BCUT2D eigenvalue weighted by Gasteiger charge is 2.02. The molecule has 0 fully saturated rings. The molecule has 0 atom stereocenters. The van der Waals surface area contributed by atoms with Crippen molar-refractivity contribution >= 4 is 12.1 Å². The topological polar surface area (TPSA) is 59.9 Å². The van der Waals surface area contributed by atoms with Crippen molar-refractivity contribution in [1.29, 1.82) is 0 Å². The average Bonchev–Trinajstić information content (AvgIpc) is 2.57. The van der Waals surface area contributed by atoms with Gasteiger partial charge in [-0.05, 0) is 54.4 Å². The summed E-state index contributed by atoms with van der Waals surface area (Å²) in [6, 6.07) is 14.9. The molecule has 1 amide bonds. The molecule has 0 aliphatic rings. The van der Waals surface area contributed by atoms with Gasteiger partial charge in [-0.1, -0.05) is 12.1 Å². The predicted octanol–water partition coefficient (Wildman–Crippen LogP) is 2.79. The van der Waals surface area contributed by atoms with Crippen LogP contribution in [0, 0.1) is 0 Å². The smallest absolute Gasteiger partial charge is 0.244 e. The van der Waals surface area contributed by atoms with Crippen LogP contribution >= 0.6 is 0 Å². The zero-order valence-electron chi connectivity index (χ0n) is 13.3. The van der Waals surface area contributed by atoms with Gasteiger partial charge in [-0.2, -0.15) is 5.10 Å². The van der Waals surface area contributed by atoms with Crippen molar-refractivity contribution < 1.29 is 14.3 Å². The maximum atomic E-state index is 11.8. The lowest BCUT2D eigenvalue weighted by atomic mass is 10.1. The molecule has 0 unspecified atom stereocenters. The van der Waals surface area contributed by atoms with Gasteiger partial charge in [-0.25, -0.2) is 5.43 Å². The minimum absolute atomic E-state index is 0.169. The summed E-state index contributed by atoms with van der Waals surface area (Å²) >= 11 is 0. The summed E-state index contributed by atoms with van der Waals surface area (Å²) in [5.41, 5.74) is 4.31. The Balaban J connectivity index is 1.82. The summed E-state index contributed by atoms with van der Waals surface area (Å²) in [5, 5.41) is 3.96. The highest BCUT2D eigenvalue weighted by Crippen LogP contribution is 2.12. The van der Waals surface area contributed by atoms with Crippen LogP contribution in [0.15, 0.2) is 53.6 Å². The van der Waals surface area contributed by atoms with E-state index in [0.717, 1.165) is 22.6 Å². The molecule has 5 heteroatoms. The van der Waals surface area contributed by atoms with Crippen LogP contribution in [0.25, 0.3) is 0 Å². The van der Waals surface area contributed by atoms with Crippen LogP contribution in [0.5, 0.6) is 11.5 Å². The molecule has 0 heterocycles. The summed E-state index contributed by atoms with van der Waals surface area (Å²) in [6.07, 6.45) is 1.87. The lowest BCUT2D eigenvalue weighted by Crippen LogP contribution is -2.19. The van der Waals surface area contributed by atoms with Crippen molar-refractivity contribution in [3.05, 3.63) is 59.7 Å². The summed E-state index contributed by atoms with van der Waals surface area (Å²) in [7, 11) is 1.61. The summed E-state index contributed by atoms with van der Waals surface area (Å²) < 4.78 is 10.4. The highest BCUT2D eigenvalue weighted by atomic mass is 16.5. The molecule has 2 aromatic carbocycles. The van der Waals surface area contributed by atoms with E-state index in [1.54, 1.807) is 13.3 Å². The first-order chi connectivity index (χ1) is 11.2. The number of carbonyl (C=O) groups excluding carboxylic acids is 1. The van der Waals surface area contributed by atoms with Crippen LogP contribution < -0.4 is 14.9 Å². The Bertz CT molecular complexity index is 649. The third kappa shape index (κ3) is 5.47. The lowest BCUT2D eigenvalue weighted by Gasteiger charge is -2.03. The van der Waals surface area contributed by atoms with E-state index >= 15 is 0 Å². The maximum absolute atomic E-state index is 11.8. The third-order valence-corrected chi connectivity index (χ3v) is 3.12. The average molecular weight is 312 g/mol. The summed E-state index contributed by atoms with van der Waals surface area (Å²) in [5.74, 6) is 1.41. The molecule has 0 radical (unpaired) electrons. The number of nitrogens with zero attached hydrogens (tertiary/aromatic N) is 1. The fourth-order valence-corrected chi connectivity index (χ4v) is 1.96. The zero-order valence-corrected chi connectivity index (χ0v) is 13.3. The van der Waals surface area contributed by atoms with E-state index in [1.165, 1.54) is 0 Å². The molecule has 2 rings (SSSR count). The first-order valence-corrected chi connectivity index (χ1v) is 7.39. The van der Waals surface area contributed by atoms with Crippen molar-refractivity contribution in [1.82, 2.24) is 5.43 Å². The molecular weight excluding hydrogens is 292 g/mol. The first-order valence-electron chi connectivity index (χ1n) is 7.39. The van der Waals surface area contributed by atoms with E-state index in [2.05, 4.69) is 10.5 Å². The van der Waals surface area contributed by atoms with E-state index in [9.17, 15) is 4.79 Å². The number of ether oxygens (including phenoxy) is 2. The standard InChI is InChI=1S/C18H20N2O3/c1-3-23-17-10-6-15(7-11-17)13-19-20-18(21)12-14-4-8-16(22-2)9-5-14/h4-11,13H,3,12H2,1-2H3,(H,20,21)/b19-13-. The van der Waals surface area contributed by atoms with Crippen LogP contribution in [0.3, 0.4) is 0 Å². The van der Waals surface area contributed by atoms with Gasteiger partial charge in [0, 0.05) is 0 Å². The molecule has 0 spiro atoms. The van der Waals surface area contributed by atoms with Crippen molar-refractivity contribution in [3.8, 4) is 11.5 Å². The second-order valence-electron chi connectivity index (χ2n) is 4.82. The van der Waals surface area contributed by atoms with Crippen molar-refractivity contribution in [2.45, 2.75) is 13.3 Å². The van der Waals surface area contributed by atoms with Crippen molar-refractivity contribution in [3.63, 3.8) is 0 Å². The van der Waals surface area contributed by atoms with Crippen LogP contribution in [0.1, 0.15) is 18.1 Å². The number of hydrogen-bond acceptors (Lipinski definition) is 4. The number of carbonyl (C=O) groups is 1. The van der Waals surface area contributed by atoms with E-state index in [0.29, 0.717) is 6.61 Å². The van der Waals surface area contributed by atoms with E-state index in [-0.39, 0.29) is 12.3 Å². The molecule has 0 aliphatic heterocycles. The Hall–Kier alpha value is -2.82. The van der Waals surface area contributed by atoms with Gasteiger partial charge < -0.3 is 9.47 Å². The van der Waals surface area contributed by atoms with E-state index in [4.69, 9.17) is 9.47 Å². The van der Waals surface area contributed by atoms with E-state index in [1.807, 2.05) is 55.5 Å². The van der Waals surface area contributed by atoms with Crippen LogP contribution in [-0.2, 0) is 11.2 Å². The molecule has 2 aromatic rings. The molecular formula is C18H20N2O3. The zero-order chi connectivity index (χ0) is 16.5. The Kier molecular flexibility index (Phi) is 6.17. The quantitative estimate of drug-likeness (QED) is 0.632. The number of methoxy groups -OCH3 is 1. The van der Waals surface area contributed by atoms with Gasteiger partial charge in [-0.15, -0.1) is 0 Å². The SMILES string of the molecule is CCOc1ccc(/C=N\NC(=O)Cc2ccc(OC)cc2)cc1. The Labute approximate surface area is 135 Å². The molecule has 120 valence electrons. The van der Waals surface area contributed by atoms with Crippen LogP contribution in [0.2, 0.25) is 0 Å². The van der Waals surface area contributed by atoms with Gasteiger partial charge in [-0.3, -0.25) is 4.79 Å². The Morgan fingerprint density at radius 1 is 1.09 bits per heavy atom. The molecule has 1 N–H and O–H groups in total. The summed E-state index contributed by atoms with van der Waals surface area (Å²) in [4.78, 5) is 11.8. The maximum Gasteiger partial charge on any atom is 0.244 e. The molecule has 0 saturated heterocycles. The van der Waals surface area contributed by atoms with Gasteiger partial charge in [0.05, 0.1) is 26.4 Å². The molecule has 23 heavy (non-hydrogen) atoms. The van der Waals surface area contributed by atoms with Gasteiger partial charge in [0.15, 0.2) is 0 Å². The fourth-order valence-electron chi connectivity index (χ4n) is 1.96. The Morgan fingerprint density at radius 3 is 2.35 bits per heavy atom. The molecule has 5 nitrogen and oxygen atoms in total. The van der Waals surface area contributed by atoms with Gasteiger partial charge in [0.1, 0.15) is 11.5 Å².